The summed E-state index contributed by atoms with van der Waals surface area (Å²) in [5.74, 6) is 0. The molecule has 0 bridgehead atoms. The highest BCUT2D eigenvalue weighted by atomic mass is 16.5. The summed E-state index contributed by atoms with van der Waals surface area (Å²) in [7, 11) is 0. The second-order valence-corrected chi connectivity index (χ2v) is 4.51. The van der Waals surface area contributed by atoms with E-state index in [1.54, 1.807) is 0 Å². The molecule has 0 aliphatic heterocycles. The molecule has 3 heteroatoms. The second-order valence-electron chi connectivity index (χ2n) is 4.51. The molecule has 1 aromatic heterocycles. The molecule has 1 aliphatic rings. The van der Waals surface area contributed by atoms with Crippen molar-refractivity contribution in [3.05, 3.63) is 36.2 Å². The van der Waals surface area contributed by atoms with Crippen LogP contribution in [0.5, 0.6) is 0 Å². The summed E-state index contributed by atoms with van der Waals surface area (Å²) in [5.41, 5.74) is 2.40. The zero-order valence-electron chi connectivity index (χ0n) is 10.3. The van der Waals surface area contributed by atoms with Gasteiger partial charge in [0.05, 0.1) is 19.3 Å². The summed E-state index contributed by atoms with van der Waals surface area (Å²) >= 11 is 0. The fraction of sp³-hybridized carbons (Fsp3) is 0.571. The topological polar surface area (TPSA) is 34.4 Å². The van der Waals surface area contributed by atoms with Crippen LogP contribution in [0.25, 0.3) is 0 Å². The Kier molecular flexibility index (Phi) is 4.40. The Morgan fingerprint density at radius 3 is 3.24 bits per heavy atom. The molecule has 94 valence electrons. The van der Waals surface area contributed by atoms with Crippen LogP contribution in [0.2, 0.25) is 0 Å². The third-order valence-electron chi connectivity index (χ3n) is 3.31. The van der Waals surface area contributed by atoms with Gasteiger partial charge in [-0.25, -0.2) is 0 Å². The molecule has 0 saturated heterocycles. The van der Waals surface area contributed by atoms with Gasteiger partial charge in [0, 0.05) is 24.0 Å². The van der Waals surface area contributed by atoms with E-state index in [2.05, 4.69) is 17.3 Å². The molecule has 0 saturated carbocycles. The average Bonchev–Trinajstić information content (AvgIpc) is 2.74. The van der Waals surface area contributed by atoms with Crippen molar-refractivity contribution in [3.8, 4) is 0 Å². The zero-order chi connectivity index (χ0) is 12.1. The van der Waals surface area contributed by atoms with Crippen LogP contribution in [0.15, 0.2) is 24.9 Å². The van der Waals surface area contributed by atoms with Crippen LogP contribution in [-0.2, 0) is 17.7 Å². The van der Waals surface area contributed by atoms with E-state index < -0.39 is 0 Å². The zero-order valence-corrected chi connectivity index (χ0v) is 10.3. The Morgan fingerprint density at radius 2 is 2.41 bits per heavy atom. The van der Waals surface area contributed by atoms with E-state index in [1.807, 2.05) is 12.1 Å². The Bertz CT molecular complexity index is 370. The van der Waals surface area contributed by atoms with Gasteiger partial charge in [-0.3, -0.25) is 0 Å². The molecule has 17 heavy (non-hydrogen) atoms. The smallest absolute Gasteiger partial charge is 0.0807 e. The van der Waals surface area contributed by atoms with E-state index in [0.717, 1.165) is 51.0 Å². The molecule has 3 nitrogen and oxygen atoms in total. The van der Waals surface area contributed by atoms with Crippen molar-refractivity contribution in [3.63, 3.8) is 0 Å². The predicted octanol–water partition coefficient (Wildman–Crippen LogP) is 2.45. The van der Waals surface area contributed by atoms with Crippen LogP contribution in [0.3, 0.4) is 0 Å². The molecule has 1 heterocycles. The van der Waals surface area contributed by atoms with E-state index in [9.17, 15) is 5.11 Å². The fourth-order valence-corrected chi connectivity index (χ4v) is 2.37. The van der Waals surface area contributed by atoms with Crippen LogP contribution >= 0.6 is 0 Å². The largest absolute Gasteiger partial charge is 0.388 e. The van der Waals surface area contributed by atoms with E-state index in [-0.39, 0.29) is 6.10 Å². The van der Waals surface area contributed by atoms with Gasteiger partial charge in [-0.1, -0.05) is 6.08 Å². The van der Waals surface area contributed by atoms with Crippen LogP contribution in [0, 0.1) is 0 Å². The van der Waals surface area contributed by atoms with Crippen LogP contribution in [-0.4, -0.2) is 22.9 Å². The van der Waals surface area contributed by atoms with Gasteiger partial charge in [-0.15, -0.1) is 6.58 Å². The molecular weight excluding hydrogens is 214 g/mol. The average molecular weight is 235 g/mol. The molecule has 1 aliphatic carbocycles. The molecule has 0 fully saturated rings. The lowest BCUT2D eigenvalue weighted by Crippen LogP contribution is -2.14. The molecule has 0 spiro atoms. The highest BCUT2D eigenvalue weighted by molar-refractivity contribution is 5.27. The monoisotopic (exact) mass is 235 g/mol. The summed E-state index contributed by atoms with van der Waals surface area (Å²) in [6.45, 7) is 6.01. The quantitative estimate of drug-likeness (QED) is 0.607. The van der Waals surface area contributed by atoms with Gasteiger partial charge >= 0.3 is 0 Å². The number of aliphatic hydroxyl groups excluding tert-OH is 1. The summed E-state index contributed by atoms with van der Waals surface area (Å²) in [4.78, 5) is 0. The maximum Gasteiger partial charge on any atom is 0.0807 e. The third kappa shape index (κ3) is 2.99. The van der Waals surface area contributed by atoms with Crippen molar-refractivity contribution < 1.29 is 9.84 Å². The maximum absolute atomic E-state index is 9.86. The number of rotatable bonds is 6. The number of ether oxygens (including phenoxy) is 1. The van der Waals surface area contributed by atoms with Crippen molar-refractivity contribution in [1.29, 1.82) is 0 Å². The van der Waals surface area contributed by atoms with Gasteiger partial charge < -0.3 is 14.4 Å². The maximum atomic E-state index is 9.86. The molecule has 2 rings (SSSR count). The second kappa shape index (κ2) is 6.03. The molecule has 1 atom stereocenters. The third-order valence-corrected chi connectivity index (χ3v) is 3.31. The highest BCUT2D eigenvalue weighted by Crippen LogP contribution is 2.30. The number of hydrogen-bond acceptors (Lipinski definition) is 2. The lowest BCUT2D eigenvalue weighted by atomic mass is 9.95. The molecule has 0 amide bonds. The Hall–Kier alpha value is -1.06. The van der Waals surface area contributed by atoms with Crippen molar-refractivity contribution in [2.24, 2.45) is 0 Å². The number of fused-ring (bicyclic) bond motifs is 1. The van der Waals surface area contributed by atoms with Crippen LogP contribution in [0.1, 0.15) is 36.6 Å². The Labute approximate surface area is 103 Å². The number of hydrogen-bond donors (Lipinski definition) is 1. The fourth-order valence-electron chi connectivity index (χ4n) is 2.37. The van der Waals surface area contributed by atoms with E-state index in [4.69, 9.17) is 4.74 Å². The Morgan fingerprint density at radius 1 is 1.53 bits per heavy atom. The van der Waals surface area contributed by atoms with Gasteiger partial charge in [-0.2, -0.15) is 0 Å². The first kappa shape index (κ1) is 12.4. The van der Waals surface area contributed by atoms with Gasteiger partial charge in [0.1, 0.15) is 0 Å². The first-order valence-electron chi connectivity index (χ1n) is 6.37. The Balaban J connectivity index is 1.87. The standard InChI is InChI=1S/C14H21NO2/c1-2-3-10-17-11-9-15-8-7-12-13(15)5-4-6-14(12)16/h2,7-8,14,16H,1,3-6,9-11H2. The SMILES string of the molecule is C=CCCOCCn1ccc2c1CCCC2O. The lowest BCUT2D eigenvalue weighted by Gasteiger charge is -2.20. The number of aliphatic hydroxyl groups is 1. The number of nitrogens with zero attached hydrogens (tertiary/aromatic N) is 1. The number of aromatic nitrogens is 1. The minimum absolute atomic E-state index is 0.262. The van der Waals surface area contributed by atoms with Crippen molar-refractivity contribution in [2.75, 3.05) is 13.2 Å². The van der Waals surface area contributed by atoms with E-state index >= 15 is 0 Å². The first-order chi connectivity index (χ1) is 8.33. The van der Waals surface area contributed by atoms with Crippen molar-refractivity contribution >= 4 is 0 Å². The minimum atomic E-state index is -0.262. The van der Waals surface area contributed by atoms with Crippen molar-refractivity contribution in [2.45, 2.75) is 38.3 Å². The molecule has 1 N–H and O–H groups in total. The lowest BCUT2D eigenvalue weighted by molar-refractivity contribution is 0.128. The van der Waals surface area contributed by atoms with Gasteiger partial charge in [-0.05, 0) is 31.7 Å². The molecule has 1 aromatic rings. The van der Waals surface area contributed by atoms with Gasteiger partial charge in [0.15, 0.2) is 0 Å². The summed E-state index contributed by atoms with van der Waals surface area (Å²) in [5, 5.41) is 9.86. The van der Waals surface area contributed by atoms with Gasteiger partial charge in [0.2, 0.25) is 0 Å². The van der Waals surface area contributed by atoms with Crippen LogP contribution in [0.4, 0.5) is 0 Å². The molecular formula is C14H21NO2. The summed E-state index contributed by atoms with van der Waals surface area (Å²) < 4.78 is 7.72. The normalized spacial score (nSPS) is 19.0. The van der Waals surface area contributed by atoms with E-state index in [0.29, 0.717) is 0 Å². The van der Waals surface area contributed by atoms with Crippen LogP contribution < -0.4 is 0 Å². The predicted molar refractivity (Wildman–Crippen MR) is 68.0 cm³/mol. The first-order valence-corrected chi connectivity index (χ1v) is 6.37. The minimum Gasteiger partial charge on any atom is -0.388 e. The molecule has 0 radical (unpaired) electrons. The molecule has 1 unspecified atom stereocenters. The van der Waals surface area contributed by atoms with Crippen molar-refractivity contribution in [1.82, 2.24) is 4.57 Å². The highest BCUT2D eigenvalue weighted by Gasteiger charge is 2.20. The van der Waals surface area contributed by atoms with Gasteiger partial charge in [0.25, 0.3) is 0 Å². The van der Waals surface area contributed by atoms with E-state index in [1.165, 1.54) is 5.69 Å². The summed E-state index contributed by atoms with van der Waals surface area (Å²) in [6.07, 6.45) is 7.63. The molecule has 0 aromatic carbocycles. The summed E-state index contributed by atoms with van der Waals surface area (Å²) in [6, 6.07) is 2.04.